The van der Waals surface area contributed by atoms with Gasteiger partial charge in [-0.3, -0.25) is 28.8 Å². The number of rotatable bonds is 12. The fourth-order valence-corrected chi connectivity index (χ4v) is 2.48. The van der Waals surface area contributed by atoms with Crippen LogP contribution in [0.15, 0.2) is 0 Å². The van der Waals surface area contributed by atoms with Gasteiger partial charge in [0.2, 0.25) is 0 Å². The molecule has 0 saturated carbocycles. The molecule has 0 amide bonds. The quantitative estimate of drug-likeness (QED) is 0.0983. The molecule has 5 atom stereocenters. The largest absolute Gasteiger partial charge is 0.480 e. The van der Waals surface area contributed by atoms with Crippen molar-refractivity contribution < 1.29 is 59.4 Å². The number of aliphatic carboxylic acids is 6. The third-order valence-corrected chi connectivity index (χ3v) is 5.75. The first kappa shape index (κ1) is 49.9. The lowest BCUT2D eigenvalue weighted by atomic mass is 10.0. The minimum atomic E-state index is -1.00. The summed E-state index contributed by atoms with van der Waals surface area (Å²) in [6.07, 6.45) is 5.07. The van der Waals surface area contributed by atoms with E-state index in [0.29, 0.717) is 6.42 Å². The first-order valence-corrected chi connectivity index (χ1v) is 14.7. The van der Waals surface area contributed by atoms with Crippen LogP contribution in [0.4, 0.5) is 0 Å². The minimum Gasteiger partial charge on any atom is -0.480 e. The molecule has 43 heavy (non-hydrogen) atoms. The predicted octanol–water partition coefficient (Wildman–Crippen LogP) is -2.19. The molecule has 0 aromatic carbocycles. The lowest BCUT2D eigenvalue weighted by Gasteiger charge is -2.11. The van der Waals surface area contributed by atoms with E-state index < -0.39 is 53.9 Å². The molecule has 18 nitrogen and oxygen atoms in total. The summed E-state index contributed by atoms with van der Waals surface area (Å²) in [4.78, 5) is 58.6. The Balaban J connectivity index is -0.000000136. The fourth-order valence-electron chi connectivity index (χ4n) is 1.84. The van der Waals surface area contributed by atoms with Gasteiger partial charge in [0.1, 0.15) is 24.2 Å². The summed E-state index contributed by atoms with van der Waals surface area (Å²) in [6, 6.07) is -2.47. The topological polar surface area (TPSA) is 366 Å². The molecule has 1 saturated heterocycles. The molecule has 0 aromatic heterocycles. The minimum absolute atomic E-state index is 0.0718. The first-order chi connectivity index (χ1) is 19.8. The van der Waals surface area contributed by atoms with Crippen molar-refractivity contribution in [1.82, 2.24) is 5.32 Å². The maximum atomic E-state index is 10.2. The summed E-state index contributed by atoms with van der Waals surface area (Å²) >= 11 is 5.25. The summed E-state index contributed by atoms with van der Waals surface area (Å²) in [5, 5.41) is 51.0. The van der Waals surface area contributed by atoms with Crippen LogP contribution in [0.1, 0.15) is 39.5 Å². The molecule has 1 aliphatic rings. The monoisotopic (exact) mass is 666 g/mol. The molecular formula is C23H50N6O12S2. The Morgan fingerprint density at radius 3 is 1.42 bits per heavy atom. The highest BCUT2D eigenvalue weighted by molar-refractivity contribution is 7.98. The Hall–Kier alpha value is -2.72. The Morgan fingerprint density at radius 1 is 0.860 bits per heavy atom. The van der Waals surface area contributed by atoms with Crippen molar-refractivity contribution in [2.75, 3.05) is 37.4 Å². The summed E-state index contributed by atoms with van der Waals surface area (Å²) in [6.45, 7) is 4.06. The summed E-state index contributed by atoms with van der Waals surface area (Å²) in [5.41, 5.74) is 24.5. The fraction of sp³-hybridized carbons (Fsp3) is 0.739. The van der Waals surface area contributed by atoms with Gasteiger partial charge in [0.15, 0.2) is 0 Å². The van der Waals surface area contributed by atoms with E-state index in [1.807, 2.05) is 20.1 Å². The number of nitrogens with two attached hydrogens (primary N) is 5. The molecule has 0 spiro atoms. The van der Waals surface area contributed by atoms with Gasteiger partial charge in [0.25, 0.3) is 0 Å². The number of thioether (sulfide) groups is 1. The third-order valence-electron chi connectivity index (χ3n) is 4.71. The van der Waals surface area contributed by atoms with Gasteiger partial charge in [-0.05, 0) is 43.7 Å². The van der Waals surface area contributed by atoms with Gasteiger partial charge in [0.05, 0.1) is 13.1 Å². The molecule has 0 aromatic rings. The molecule has 1 heterocycles. The van der Waals surface area contributed by atoms with Crippen molar-refractivity contribution in [3.05, 3.63) is 0 Å². The SMILES string of the molecule is CC[C@H](C)[C@H](N)C(=O)O.CSCC[C@H](N)C(=O)O.NCC(=O)O.NCC(=O)O.N[C@@H](CS)C(=O)O.O=C(O)[C@@H]1CCCN1. The molecule has 1 rings (SSSR count). The summed E-state index contributed by atoms with van der Waals surface area (Å²) < 4.78 is 0. The maximum Gasteiger partial charge on any atom is 0.321 e. The van der Waals surface area contributed by atoms with Crippen LogP contribution in [-0.4, -0.2) is 128 Å². The molecule has 1 aliphatic heterocycles. The van der Waals surface area contributed by atoms with E-state index in [0.717, 1.165) is 31.6 Å². The Morgan fingerprint density at radius 2 is 1.28 bits per heavy atom. The van der Waals surface area contributed by atoms with Gasteiger partial charge >= 0.3 is 35.8 Å². The number of hydrogen-bond donors (Lipinski definition) is 13. The second kappa shape index (κ2) is 33.8. The van der Waals surface area contributed by atoms with Gasteiger partial charge in [-0.25, -0.2) is 0 Å². The molecule has 1 fully saturated rings. The maximum absolute atomic E-state index is 10.2. The normalized spacial score (nSPS) is 15.4. The third kappa shape index (κ3) is 41.5. The number of carboxylic acids is 6. The highest BCUT2D eigenvalue weighted by atomic mass is 32.2. The Kier molecular flexibility index (Phi) is 39.2. The average Bonchev–Trinajstić information content (AvgIpc) is 3.51. The van der Waals surface area contributed by atoms with E-state index in [2.05, 4.69) is 29.4 Å². The number of hydrogen-bond acceptors (Lipinski definition) is 14. The zero-order valence-electron chi connectivity index (χ0n) is 24.6. The molecule has 256 valence electrons. The van der Waals surface area contributed by atoms with Crippen LogP contribution in [0.5, 0.6) is 0 Å². The molecule has 17 N–H and O–H groups in total. The second-order valence-corrected chi connectivity index (χ2v) is 9.64. The first-order valence-electron chi connectivity index (χ1n) is 12.7. The van der Waals surface area contributed by atoms with Crippen molar-refractivity contribution >= 4 is 60.2 Å². The summed E-state index contributed by atoms with van der Waals surface area (Å²) in [5.74, 6) is -4.41. The molecule has 0 unspecified atom stereocenters. The van der Waals surface area contributed by atoms with E-state index in [4.69, 9.17) is 47.8 Å². The van der Waals surface area contributed by atoms with Crippen LogP contribution in [0, 0.1) is 5.92 Å². The van der Waals surface area contributed by atoms with Gasteiger partial charge in [-0.1, -0.05) is 20.3 Å². The van der Waals surface area contributed by atoms with E-state index in [1.165, 1.54) is 0 Å². The van der Waals surface area contributed by atoms with Crippen LogP contribution in [0.25, 0.3) is 0 Å². The predicted molar refractivity (Wildman–Crippen MR) is 165 cm³/mol. The van der Waals surface area contributed by atoms with Crippen molar-refractivity contribution in [3.63, 3.8) is 0 Å². The van der Waals surface area contributed by atoms with E-state index in [1.54, 1.807) is 11.8 Å². The van der Waals surface area contributed by atoms with E-state index in [-0.39, 0.29) is 30.8 Å². The van der Waals surface area contributed by atoms with Gasteiger partial charge in [-0.2, -0.15) is 24.4 Å². The highest BCUT2D eigenvalue weighted by Gasteiger charge is 2.20. The van der Waals surface area contributed by atoms with Gasteiger partial charge < -0.3 is 64.6 Å². The Bertz CT molecular complexity index is 763. The number of carboxylic acid groups (broad SMARTS) is 6. The van der Waals surface area contributed by atoms with Crippen molar-refractivity contribution in [3.8, 4) is 0 Å². The van der Waals surface area contributed by atoms with Crippen molar-refractivity contribution in [2.45, 2.75) is 63.7 Å². The number of thiol groups is 1. The molecule has 0 radical (unpaired) electrons. The van der Waals surface area contributed by atoms with Crippen LogP contribution >= 0.6 is 24.4 Å². The van der Waals surface area contributed by atoms with E-state index in [9.17, 15) is 28.8 Å². The van der Waals surface area contributed by atoms with Crippen LogP contribution < -0.4 is 34.0 Å². The number of carbonyl (C=O) groups is 6. The average molecular weight is 667 g/mol. The van der Waals surface area contributed by atoms with Crippen LogP contribution in [0.2, 0.25) is 0 Å². The lowest BCUT2D eigenvalue weighted by molar-refractivity contribution is -0.140. The van der Waals surface area contributed by atoms with Crippen molar-refractivity contribution in [2.24, 2.45) is 34.6 Å². The number of nitrogens with one attached hydrogen (secondary N) is 1. The summed E-state index contributed by atoms with van der Waals surface area (Å²) in [7, 11) is 0. The molecule has 0 bridgehead atoms. The standard InChI is InChI=1S/C6H13NO2.C5H11NO2S.C5H9NO2.C3H7NO2S.2C2H5NO2/c1-3-4(2)5(7)6(8)9;1-9-3-2-4(6)5(7)8;7-5(8)4-2-1-3-6-4;4-2(1-7)3(5)6;2*3-1-2(4)5/h4-5H,3,7H2,1-2H3,(H,8,9);4H,2-3,6H2,1H3,(H,7,8);4,6H,1-3H2,(H,7,8);2,7H,1,4H2,(H,5,6);2*1,3H2,(H,4,5)/t4-,5-;2*4-;2-;;/m0000../s1. The zero-order chi connectivity index (χ0) is 35.1. The zero-order valence-corrected chi connectivity index (χ0v) is 26.3. The lowest BCUT2D eigenvalue weighted by Crippen LogP contribution is -2.36. The van der Waals surface area contributed by atoms with Crippen LogP contribution in [-0.2, 0) is 28.8 Å². The molecule has 20 heteroatoms. The highest BCUT2D eigenvalue weighted by Crippen LogP contribution is 2.04. The van der Waals surface area contributed by atoms with Crippen molar-refractivity contribution in [1.29, 1.82) is 0 Å². The smallest absolute Gasteiger partial charge is 0.321 e. The van der Waals surface area contributed by atoms with E-state index >= 15 is 0 Å². The van der Waals surface area contributed by atoms with Gasteiger partial charge in [0, 0.05) is 5.75 Å². The van der Waals surface area contributed by atoms with Gasteiger partial charge in [-0.15, -0.1) is 0 Å². The Labute approximate surface area is 260 Å². The molecule has 0 aliphatic carbocycles. The second-order valence-electron chi connectivity index (χ2n) is 8.29. The molecular weight excluding hydrogens is 616 g/mol. The van der Waals surface area contributed by atoms with Crippen LogP contribution in [0.3, 0.4) is 0 Å².